The monoisotopic (exact) mass is 331 g/mol. The molecule has 0 spiro atoms. The largest absolute Gasteiger partial charge is 0.478 e. The molecule has 5 nitrogen and oxygen atoms in total. The van der Waals surface area contributed by atoms with Gasteiger partial charge in [0.15, 0.2) is 0 Å². The van der Waals surface area contributed by atoms with Crippen LogP contribution in [0, 0.1) is 5.92 Å². The number of carboxylic acid groups (broad SMARTS) is 1. The van der Waals surface area contributed by atoms with E-state index in [0.717, 1.165) is 6.42 Å². The summed E-state index contributed by atoms with van der Waals surface area (Å²) in [6, 6.07) is 4.07. The quantitative estimate of drug-likeness (QED) is 0.803. The van der Waals surface area contributed by atoms with E-state index in [4.69, 9.17) is 16.7 Å². The summed E-state index contributed by atoms with van der Waals surface area (Å²) in [6.45, 7) is 4.63. The van der Waals surface area contributed by atoms with E-state index >= 15 is 0 Å². The summed E-state index contributed by atoms with van der Waals surface area (Å²) in [6.07, 6.45) is 0.850. The molecule has 1 aromatic rings. The van der Waals surface area contributed by atoms with Gasteiger partial charge in [-0.15, -0.1) is 0 Å². The Morgan fingerprint density at radius 2 is 2.05 bits per heavy atom. The molecule has 1 amide bonds. The Balaban J connectivity index is 2.65. The van der Waals surface area contributed by atoms with Crippen LogP contribution in [0.25, 0.3) is 0 Å². The second kappa shape index (κ2) is 8.14. The molecule has 0 aliphatic carbocycles. The Morgan fingerprint density at radius 1 is 1.38 bits per heavy atom. The number of carboxylic acids is 1. The summed E-state index contributed by atoms with van der Waals surface area (Å²) in [7, 11) is -1.60. The number of hydrogen-bond donors (Lipinski definition) is 2. The van der Waals surface area contributed by atoms with Gasteiger partial charge in [-0.2, -0.15) is 0 Å². The molecule has 1 rings (SSSR count). The average Bonchev–Trinajstić information content (AvgIpc) is 2.38. The molecule has 0 saturated carbocycles. The molecule has 0 radical (unpaired) electrons. The molecule has 0 bridgehead atoms. The summed E-state index contributed by atoms with van der Waals surface area (Å²) >= 11 is 5.74. The second-order valence-electron chi connectivity index (χ2n) is 4.97. The SMILES string of the molecule is CC(C)CCNC(=O)CS(=O)c1ccc(Cl)c(C(=O)O)c1. The predicted molar refractivity (Wildman–Crippen MR) is 82.2 cm³/mol. The number of rotatable bonds is 7. The highest BCUT2D eigenvalue weighted by Gasteiger charge is 2.15. The van der Waals surface area contributed by atoms with E-state index in [9.17, 15) is 13.8 Å². The lowest BCUT2D eigenvalue weighted by molar-refractivity contribution is -0.118. The maximum Gasteiger partial charge on any atom is 0.337 e. The van der Waals surface area contributed by atoms with Crippen molar-refractivity contribution >= 4 is 34.3 Å². The molecule has 0 heterocycles. The summed E-state index contributed by atoms with van der Waals surface area (Å²) in [5.41, 5.74) is -0.122. The Bertz CT molecular complexity index is 560. The zero-order valence-corrected chi connectivity index (χ0v) is 13.5. The molecule has 116 valence electrons. The Morgan fingerprint density at radius 3 is 2.62 bits per heavy atom. The van der Waals surface area contributed by atoms with Crippen molar-refractivity contribution < 1.29 is 18.9 Å². The molecule has 0 aliphatic heterocycles. The van der Waals surface area contributed by atoms with E-state index in [1.165, 1.54) is 18.2 Å². The van der Waals surface area contributed by atoms with Crippen LogP contribution >= 0.6 is 11.6 Å². The Kier molecular flexibility index (Phi) is 6.84. The highest BCUT2D eigenvalue weighted by Crippen LogP contribution is 2.19. The van der Waals surface area contributed by atoms with E-state index in [2.05, 4.69) is 5.32 Å². The number of nitrogens with one attached hydrogen (secondary N) is 1. The number of aromatic carboxylic acids is 1. The standard InChI is InChI=1S/C14H18ClNO4S/c1-9(2)5-6-16-13(17)8-21(20)10-3-4-12(15)11(7-10)14(18)19/h3-4,7,9H,5-6,8H2,1-2H3,(H,16,17)(H,18,19). The molecule has 1 unspecified atom stereocenters. The molecular formula is C14H18ClNO4S. The minimum atomic E-state index is -1.60. The Hall–Kier alpha value is -1.40. The van der Waals surface area contributed by atoms with Gasteiger partial charge in [0.2, 0.25) is 5.91 Å². The fourth-order valence-corrected chi connectivity index (χ4v) is 2.74. The number of amides is 1. The zero-order chi connectivity index (χ0) is 16.0. The van der Waals surface area contributed by atoms with Crippen LogP contribution in [0.4, 0.5) is 0 Å². The molecular weight excluding hydrogens is 314 g/mol. The van der Waals surface area contributed by atoms with Crippen LogP contribution in [-0.2, 0) is 15.6 Å². The first kappa shape index (κ1) is 17.7. The van der Waals surface area contributed by atoms with Gasteiger partial charge in [-0.3, -0.25) is 9.00 Å². The number of carbonyl (C=O) groups excluding carboxylic acids is 1. The second-order valence-corrected chi connectivity index (χ2v) is 6.83. The van der Waals surface area contributed by atoms with Gasteiger partial charge in [-0.25, -0.2) is 4.79 Å². The van der Waals surface area contributed by atoms with Gasteiger partial charge in [-0.1, -0.05) is 25.4 Å². The summed E-state index contributed by atoms with van der Waals surface area (Å²) < 4.78 is 12.1. The fraction of sp³-hybridized carbons (Fsp3) is 0.429. The lowest BCUT2D eigenvalue weighted by atomic mass is 10.1. The van der Waals surface area contributed by atoms with Gasteiger partial charge in [0.25, 0.3) is 0 Å². The van der Waals surface area contributed by atoms with Gasteiger partial charge < -0.3 is 10.4 Å². The van der Waals surface area contributed by atoms with Crippen molar-refractivity contribution in [3.63, 3.8) is 0 Å². The van der Waals surface area contributed by atoms with Crippen LogP contribution < -0.4 is 5.32 Å². The van der Waals surface area contributed by atoms with E-state index in [0.29, 0.717) is 12.5 Å². The van der Waals surface area contributed by atoms with E-state index in [-0.39, 0.29) is 27.1 Å². The molecule has 7 heteroatoms. The average molecular weight is 332 g/mol. The summed E-state index contributed by atoms with van der Waals surface area (Å²) in [5, 5.41) is 11.7. The lowest BCUT2D eigenvalue weighted by Gasteiger charge is -2.08. The highest BCUT2D eigenvalue weighted by molar-refractivity contribution is 7.85. The molecule has 1 aromatic carbocycles. The number of hydrogen-bond acceptors (Lipinski definition) is 3. The van der Waals surface area contributed by atoms with Crippen molar-refractivity contribution in [3.05, 3.63) is 28.8 Å². The van der Waals surface area contributed by atoms with Crippen molar-refractivity contribution in [2.45, 2.75) is 25.2 Å². The summed E-state index contributed by atoms with van der Waals surface area (Å²) in [4.78, 5) is 22.9. The molecule has 0 fully saturated rings. The number of carbonyl (C=O) groups is 2. The van der Waals surface area contributed by atoms with Crippen LogP contribution in [0.5, 0.6) is 0 Å². The van der Waals surface area contributed by atoms with E-state index < -0.39 is 16.8 Å². The fourth-order valence-electron chi connectivity index (χ4n) is 1.56. The third kappa shape index (κ3) is 5.85. The van der Waals surface area contributed by atoms with Crippen molar-refractivity contribution in [3.8, 4) is 0 Å². The van der Waals surface area contributed by atoms with Gasteiger partial charge in [0.1, 0.15) is 5.75 Å². The third-order valence-electron chi connectivity index (χ3n) is 2.74. The third-order valence-corrected chi connectivity index (χ3v) is 4.37. The van der Waals surface area contributed by atoms with Gasteiger partial charge in [0.05, 0.1) is 21.4 Å². The Labute approximate surface area is 131 Å². The predicted octanol–water partition coefficient (Wildman–Crippen LogP) is 2.31. The van der Waals surface area contributed by atoms with Crippen molar-refractivity contribution in [2.75, 3.05) is 12.3 Å². The van der Waals surface area contributed by atoms with Crippen LogP contribution in [0.1, 0.15) is 30.6 Å². The summed E-state index contributed by atoms with van der Waals surface area (Å²) in [5.74, 6) is -1.23. The van der Waals surface area contributed by atoms with Crippen LogP contribution in [-0.4, -0.2) is 33.5 Å². The maximum absolute atomic E-state index is 12.1. The molecule has 21 heavy (non-hydrogen) atoms. The molecule has 0 saturated heterocycles. The first-order chi connectivity index (χ1) is 9.81. The minimum Gasteiger partial charge on any atom is -0.478 e. The number of halogens is 1. The maximum atomic E-state index is 12.1. The first-order valence-corrected chi connectivity index (χ1v) is 8.19. The smallest absolute Gasteiger partial charge is 0.337 e. The van der Waals surface area contributed by atoms with Crippen molar-refractivity contribution in [1.29, 1.82) is 0 Å². The molecule has 0 aromatic heterocycles. The van der Waals surface area contributed by atoms with Crippen LogP contribution in [0.15, 0.2) is 23.1 Å². The lowest BCUT2D eigenvalue weighted by Crippen LogP contribution is -2.29. The molecule has 2 N–H and O–H groups in total. The number of benzene rings is 1. The van der Waals surface area contributed by atoms with Crippen LogP contribution in [0.2, 0.25) is 5.02 Å². The van der Waals surface area contributed by atoms with Gasteiger partial charge in [0, 0.05) is 11.4 Å². The van der Waals surface area contributed by atoms with Crippen molar-refractivity contribution in [2.24, 2.45) is 5.92 Å². The topological polar surface area (TPSA) is 83.5 Å². The molecule has 0 aliphatic rings. The highest BCUT2D eigenvalue weighted by atomic mass is 35.5. The zero-order valence-electron chi connectivity index (χ0n) is 11.9. The van der Waals surface area contributed by atoms with Crippen LogP contribution in [0.3, 0.4) is 0 Å². The normalized spacial score (nSPS) is 12.2. The van der Waals surface area contributed by atoms with E-state index in [1.54, 1.807) is 0 Å². The first-order valence-electron chi connectivity index (χ1n) is 6.49. The van der Waals surface area contributed by atoms with Crippen molar-refractivity contribution in [1.82, 2.24) is 5.32 Å². The van der Waals surface area contributed by atoms with Gasteiger partial charge in [-0.05, 0) is 30.5 Å². The minimum absolute atomic E-state index is 0.0737. The molecule has 1 atom stereocenters. The van der Waals surface area contributed by atoms with E-state index in [1.807, 2.05) is 13.8 Å². The van der Waals surface area contributed by atoms with Gasteiger partial charge >= 0.3 is 5.97 Å².